The molecule has 0 radical (unpaired) electrons. The highest BCUT2D eigenvalue weighted by atomic mass is 19.1. The van der Waals surface area contributed by atoms with E-state index in [1.165, 1.54) is 12.1 Å². The summed E-state index contributed by atoms with van der Waals surface area (Å²) in [6, 6.07) is 11.3. The minimum absolute atomic E-state index is 0.292. The van der Waals surface area contributed by atoms with Gasteiger partial charge in [-0.2, -0.15) is 4.98 Å². The number of hydrogen-bond donors (Lipinski definition) is 2. The van der Waals surface area contributed by atoms with Gasteiger partial charge in [0.25, 0.3) is 5.89 Å². The van der Waals surface area contributed by atoms with E-state index in [1.807, 2.05) is 0 Å². The zero-order chi connectivity index (χ0) is 14.8. The van der Waals surface area contributed by atoms with E-state index in [-0.39, 0.29) is 5.82 Å². The minimum Gasteiger partial charge on any atom is -0.399 e. The largest absolute Gasteiger partial charge is 0.399 e. The fourth-order valence-corrected chi connectivity index (χ4v) is 2.07. The molecule has 0 bridgehead atoms. The second-order valence-corrected chi connectivity index (χ2v) is 4.71. The monoisotopic (exact) mass is 284 g/mol. The maximum atomic E-state index is 13.1. The van der Waals surface area contributed by atoms with Crippen LogP contribution in [0.2, 0.25) is 0 Å². The highest BCUT2D eigenvalue weighted by molar-refractivity contribution is 5.67. The Morgan fingerprint density at radius 1 is 1.05 bits per heavy atom. The van der Waals surface area contributed by atoms with Crippen molar-refractivity contribution in [2.45, 2.75) is 6.42 Å². The van der Waals surface area contributed by atoms with E-state index in [1.54, 1.807) is 30.3 Å². The summed E-state index contributed by atoms with van der Waals surface area (Å²) in [4.78, 5) is 4.28. The van der Waals surface area contributed by atoms with Crippen molar-refractivity contribution in [2.75, 3.05) is 11.5 Å². The van der Waals surface area contributed by atoms with Crippen molar-refractivity contribution in [3.05, 3.63) is 59.7 Å². The standard InChI is InChI=1S/C15H13FN4O/c16-11-3-1-2-9(4-11)5-14-19-15(21-20-14)10-6-12(17)8-13(18)7-10/h1-4,6-8H,5,17-18H2. The molecule has 0 atom stereocenters. The normalized spacial score (nSPS) is 10.7. The fraction of sp³-hybridized carbons (Fsp3) is 0.0667. The molecule has 1 aromatic heterocycles. The zero-order valence-corrected chi connectivity index (χ0v) is 11.1. The van der Waals surface area contributed by atoms with Gasteiger partial charge in [0, 0.05) is 23.4 Å². The Kier molecular flexibility index (Phi) is 3.27. The van der Waals surface area contributed by atoms with E-state index in [0.717, 1.165) is 5.56 Å². The number of nitrogens with zero attached hydrogens (tertiary/aromatic N) is 2. The molecule has 0 spiro atoms. The number of anilines is 2. The van der Waals surface area contributed by atoms with Gasteiger partial charge in [0.1, 0.15) is 5.82 Å². The molecule has 0 saturated heterocycles. The van der Waals surface area contributed by atoms with Gasteiger partial charge in [-0.15, -0.1) is 0 Å². The number of nitrogens with two attached hydrogens (primary N) is 2. The smallest absolute Gasteiger partial charge is 0.258 e. The van der Waals surface area contributed by atoms with Crippen LogP contribution < -0.4 is 11.5 Å². The van der Waals surface area contributed by atoms with Crippen LogP contribution in [0.5, 0.6) is 0 Å². The summed E-state index contributed by atoms with van der Waals surface area (Å²) in [7, 11) is 0. The molecule has 0 aliphatic carbocycles. The maximum Gasteiger partial charge on any atom is 0.258 e. The maximum absolute atomic E-state index is 13.1. The van der Waals surface area contributed by atoms with Crippen molar-refractivity contribution in [3.63, 3.8) is 0 Å². The van der Waals surface area contributed by atoms with E-state index >= 15 is 0 Å². The van der Waals surface area contributed by atoms with Crippen LogP contribution in [-0.2, 0) is 6.42 Å². The molecule has 6 heteroatoms. The van der Waals surface area contributed by atoms with Gasteiger partial charge in [0.15, 0.2) is 5.82 Å². The van der Waals surface area contributed by atoms with Crippen LogP contribution in [0.3, 0.4) is 0 Å². The lowest BCUT2D eigenvalue weighted by Crippen LogP contribution is -1.93. The summed E-state index contributed by atoms with van der Waals surface area (Å²) in [5.41, 5.74) is 13.9. The molecule has 0 unspecified atom stereocenters. The van der Waals surface area contributed by atoms with E-state index in [0.29, 0.717) is 35.1 Å². The first kappa shape index (κ1) is 13.1. The molecule has 106 valence electrons. The number of aromatic nitrogens is 2. The van der Waals surface area contributed by atoms with Gasteiger partial charge in [0.05, 0.1) is 0 Å². The van der Waals surface area contributed by atoms with Gasteiger partial charge in [-0.1, -0.05) is 17.3 Å². The van der Waals surface area contributed by atoms with Crippen LogP contribution in [0.15, 0.2) is 47.0 Å². The minimum atomic E-state index is -0.292. The Morgan fingerprint density at radius 2 is 1.81 bits per heavy atom. The molecule has 0 amide bonds. The molecule has 0 fully saturated rings. The Labute approximate surface area is 120 Å². The molecule has 3 aromatic rings. The molecule has 21 heavy (non-hydrogen) atoms. The number of hydrogen-bond acceptors (Lipinski definition) is 5. The van der Waals surface area contributed by atoms with Crippen LogP contribution >= 0.6 is 0 Å². The fourth-order valence-electron chi connectivity index (χ4n) is 2.07. The summed E-state index contributed by atoms with van der Waals surface area (Å²) < 4.78 is 18.3. The molecule has 1 heterocycles. The van der Waals surface area contributed by atoms with Crippen LogP contribution in [0.4, 0.5) is 15.8 Å². The lowest BCUT2D eigenvalue weighted by atomic mass is 10.1. The third-order valence-electron chi connectivity index (χ3n) is 2.94. The van der Waals surface area contributed by atoms with Crippen molar-refractivity contribution in [1.82, 2.24) is 10.1 Å². The Bertz CT molecular complexity index is 765. The number of rotatable bonds is 3. The second kappa shape index (κ2) is 5.24. The number of benzene rings is 2. The van der Waals surface area contributed by atoms with Crippen LogP contribution in [0.25, 0.3) is 11.5 Å². The predicted molar refractivity (Wildman–Crippen MR) is 77.8 cm³/mol. The lowest BCUT2D eigenvalue weighted by Gasteiger charge is -1.99. The van der Waals surface area contributed by atoms with Crippen LogP contribution in [0.1, 0.15) is 11.4 Å². The average Bonchev–Trinajstić information content (AvgIpc) is 2.86. The second-order valence-electron chi connectivity index (χ2n) is 4.71. The van der Waals surface area contributed by atoms with Crippen molar-refractivity contribution in [2.24, 2.45) is 0 Å². The van der Waals surface area contributed by atoms with Gasteiger partial charge < -0.3 is 16.0 Å². The van der Waals surface area contributed by atoms with Gasteiger partial charge in [-0.3, -0.25) is 0 Å². The van der Waals surface area contributed by atoms with Gasteiger partial charge in [-0.05, 0) is 35.9 Å². The summed E-state index contributed by atoms with van der Waals surface area (Å²) in [5.74, 6) is 0.511. The Morgan fingerprint density at radius 3 is 2.52 bits per heavy atom. The third kappa shape index (κ3) is 3.00. The molecular formula is C15H13FN4O. The first-order valence-electron chi connectivity index (χ1n) is 6.33. The van der Waals surface area contributed by atoms with Crippen LogP contribution in [-0.4, -0.2) is 10.1 Å². The van der Waals surface area contributed by atoms with Crippen molar-refractivity contribution < 1.29 is 8.91 Å². The molecule has 3 rings (SSSR count). The van der Waals surface area contributed by atoms with Crippen molar-refractivity contribution in [3.8, 4) is 11.5 Å². The molecule has 0 aliphatic rings. The summed E-state index contributed by atoms with van der Waals surface area (Å²) in [6.07, 6.45) is 0.388. The molecule has 5 nitrogen and oxygen atoms in total. The molecular weight excluding hydrogens is 271 g/mol. The lowest BCUT2D eigenvalue weighted by molar-refractivity contribution is 0.424. The van der Waals surface area contributed by atoms with E-state index in [4.69, 9.17) is 16.0 Å². The van der Waals surface area contributed by atoms with Crippen molar-refractivity contribution >= 4 is 11.4 Å². The van der Waals surface area contributed by atoms with Gasteiger partial charge >= 0.3 is 0 Å². The van der Waals surface area contributed by atoms with Gasteiger partial charge in [0.2, 0.25) is 0 Å². The first-order valence-corrected chi connectivity index (χ1v) is 6.33. The molecule has 4 N–H and O–H groups in total. The molecule has 2 aromatic carbocycles. The predicted octanol–water partition coefficient (Wildman–Crippen LogP) is 2.63. The Balaban J connectivity index is 1.86. The topological polar surface area (TPSA) is 91.0 Å². The number of halogens is 1. The summed E-state index contributed by atoms with van der Waals surface area (Å²) in [5, 5.41) is 3.89. The molecule has 0 aliphatic heterocycles. The molecule has 0 saturated carbocycles. The average molecular weight is 284 g/mol. The highest BCUT2D eigenvalue weighted by Gasteiger charge is 2.10. The highest BCUT2D eigenvalue weighted by Crippen LogP contribution is 2.23. The van der Waals surface area contributed by atoms with E-state index in [2.05, 4.69) is 10.1 Å². The Hall–Kier alpha value is -2.89. The summed E-state index contributed by atoms with van der Waals surface area (Å²) >= 11 is 0. The van der Waals surface area contributed by atoms with Crippen LogP contribution in [0, 0.1) is 5.82 Å². The quantitative estimate of drug-likeness (QED) is 0.721. The summed E-state index contributed by atoms with van der Waals surface area (Å²) in [6.45, 7) is 0. The third-order valence-corrected chi connectivity index (χ3v) is 2.94. The van der Waals surface area contributed by atoms with Gasteiger partial charge in [-0.25, -0.2) is 4.39 Å². The van der Waals surface area contributed by atoms with E-state index in [9.17, 15) is 4.39 Å². The van der Waals surface area contributed by atoms with Crippen molar-refractivity contribution in [1.29, 1.82) is 0 Å². The number of nitrogen functional groups attached to an aromatic ring is 2. The zero-order valence-electron chi connectivity index (χ0n) is 11.1. The SMILES string of the molecule is Nc1cc(N)cc(-c2nc(Cc3cccc(F)c3)no2)c1. The first-order chi connectivity index (χ1) is 10.1. The van der Waals surface area contributed by atoms with E-state index < -0.39 is 0 Å².